The van der Waals surface area contributed by atoms with Gasteiger partial charge in [-0.1, -0.05) is 0 Å². The number of rotatable bonds is 15. The Morgan fingerprint density at radius 2 is 0.980 bits per heavy atom. The lowest BCUT2D eigenvalue weighted by Gasteiger charge is -2.48. The Morgan fingerprint density at radius 3 is 1.42 bits per heavy atom. The lowest BCUT2D eigenvalue weighted by Crippen LogP contribution is -2.66. The third-order valence-corrected chi connectivity index (χ3v) is 7.90. The first-order valence-corrected chi connectivity index (χ1v) is 16.0. The number of carboxylic acids is 1. The molecule has 282 valence electrons. The molecule has 0 radical (unpaired) electrons. The van der Waals surface area contributed by atoms with Crippen LogP contribution in [0.4, 0.5) is 0 Å². The van der Waals surface area contributed by atoms with Gasteiger partial charge in [0.25, 0.3) is 0 Å². The average Bonchev–Trinajstić information content (AvgIpc) is 2.97. The summed E-state index contributed by atoms with van der Waals surface area (Å²) in [5.74, 6) is -7.72. The van der Waals surface area contributed by atoms with E-state index >= 15 is 0 Å². The van der Waals surface area contributed by atoms with Crippen LogP contribution in [0.25, 0.3) is 0 Å². The number of nitrogens with two attached hydrogens (primary N) is 1. The van der Waals surface area contributed by atoms with Gasteiger partial charge in [0.05, 0.1) is 0 Å². The summed E-state index contributed by atoms with van der Waals surface area (Å²) in [5.41, 5.74) is 4.37. The van der Waals surface area contributed by atoms with E-state index in [2.05, 4.69) is 0 Å². The maximum absolute atomic E-state index is 12.4. The van der Waals surface area contributed by atoms with Crippen molar-refractivity contribution >= 4 is 59.5 Å². The largest absolute Gasteiger partial charge is 0.480 e. The van der Waals surface area contributed by atoms with Crippen LogP contribution in [0, 0.1) is 0 Å². The van der Waals surface area contributed by atoms with Crippen LogP contribution in [-0.4, -0.2) is 138 Å². The molecule has 50 heavy (non-hydrogen) atoms. The maximum atomic E-state index is 12.4. The summed E-state index contributed by atoms with van der Waals surface area (Å²) in [4.78, 5) is 96.4. The molecule has 20 nitrogen and oxygen atoms in total. The Balaban J connectivity index is 2.73. The number of thioether (sulfide) groups is 1. The highest BCUT2D eigenvalue weighted by Crippen LogP contribution is 2.38. The molecule has 0 unspecified atom stereocenters. The summed E-state index contributed by atoms with van der Waals surface area (Å²) >= 11 is 0.785. The highest BCUT2D eigenvalue weighted by molar-refractivity contribution is 7.99. The zero-order valence-electron chi connectivity index (χ0n) is 28.3. The lowest BCUT2D eigenvalue weighted by molar-refractivity contribution is -0.341. The standard InChI is InChI=1S/C29H41NO19S/c1-11(31)40-8-19-21(42-13(3)33)23(43-14(4)34)25(45-16(6)36)28(47-19)49-22-20(9-41-12(2)32)48-29(50-10-18(30)27(38)39)26(46-17(7)37)24(22)44-15(5)35/h18-26,28-29H,8-10,30H2,1-7H3,(H,38,39)/t18-,19+,20+,21+,22+,23-,24-,25+,26+,28+,29-/m0/s1. The van der Waals surface area contributed by atoms with Gasteiger partial charge >= 0.3 is 47.8 Å². The predicted molar refractivity (Wildman–Crippen MR) is 161 cm³/mol. The summed E-state index contributed by atoms with van der Waals surface area (Å²) in [5, 5.41) is 9.29. The quantitative estimate of drug-likeness (QED) is 0.147. The van der Waals surface area contributed by atoms with Gasteiger partial charge in [0.1, 0.15) is 43.0 Å². The van der Waals surface area contributed by atoms with Gasteiger partial charge in [-0.05, 0) is 0 Å². The predicted octanol–water partition coefficient (Wildman–Crippen LogP) is -1.25. The minimum absolute atomic E-state index is 0.282. The van der Waals surface area contributed by atoms with Gasteiger partial charge in [-0.2, -0.15) is 0 Å². The molecule has 0 aromatic carbocycles. The summed E-state index contributed by atoms with van der Waals surface area (Å²) in [7, 11) is 0. The SMILES string of the molecule is CC(=O)OC[C@H]1O[C@@H](SC[C@H](N)C(=O)O)[C@H](OC(C)=O)[C@@H](OC(C)=O)[C@@H]1O[C@H]1O[C@H](COC(C)=O)[C@@H](OC(C)=O)[C@H](OC(C)=O)[C@H]1OC(C)=O. The number of hydrogen-bond donors (Lipinski definition) is 2. The molecule has 2 saturated heterocycles. The monoisotopic (exact) mass is 739 g/mol. The van der Waals surface area contributed by atoms with Crippen LogP contribution < -0.4 is 5.73 Å². The van der Waals surface area contributed by atoms with Crippen LogP contribution >= 0.6 is 11.8 Å². The van der Waals surface area contributed by atoms with Crippen LogP contribution in [-0.2, 0) is 85.7 Å². The third-order valence-electron chi connectivity index (χ3n) is 6.64. The zero-order chi connectivity index (χ0) is 37.9. The molecule has 0 aromatic heterocycles. The van der Waals surface area contributed by atoms with Crippen LogP contribution in [0.1, 0.15) is 48.5 Å². The fourth-order valence-corrected chi connectivity index (χ4v) is 6.04. The van der Waals surface area contributed by atoms with Crippen LogP contribution in [0.2, 0.25) is 0 Å². The maximum Gasteiger partial charge on any atom is 0.321 e. The molecule has 2 aliphatic rings. The van der Waals surface area contributed by atoms with Gasteiger partial charge < -0.3 is 58.2 Å². The molecule has 0 aromatic rings. The second kappa shape index (κ2) is 19.4. The Hall–Kier alpha value is -4.05. The van der Waals surface area contributed by atoms with Crippen molar-refractivity contribution in [3.05, 3.63) is 0 Å². The Kier molecular flexibility index (Phi) is 16.3. The minimum Gasteiger partial charge on any atom is -0.480 e. The summed E-state index contributed by atoms with van der Waals surface area (Å²) < 4.78 is 55.8. The minimum atomic E-state index is -1.83. The van der Waals surface area contributed by atoms with Gasteiger partial charge in [0.15, 0.2) is 36.8 Å². The lowest BCUT2D eigenvalue weighted by atomic mass is 9.96. The number of hydrogen-bond acceptors (Lipinski definition) is 20. The molecule has 0 bridgehead atoms. The number of aliphatic carboxylic acids is 1. The number of esters is 7. The molecular formula is C29H41NO19S. The van der Waals surface area contributed by atoms with Gasteiger partial charge in [-0.25, -0.2) is 0 Å². The van der Waals surface area contributed by atoms with Crippen molar-refractivity contribution in [3.8, 4) is 0 Å². The van der Waals surface area contributed by atoms with E-state index < -0.39 is 128 Å². The van der Waals surface area contributed by atoms with Gasteiger partial charge in [-0.15, -0.1) is 11.8 Å². The first-order chi connectivity index (χ1) is 23.3. The van der Waals surface area contributed by atoms with Gasteiger partial charge in [0.2, 0.25) is 0 Å². The molecule has 0 aliphatic carbocycles. The molecule has 2 heterocycles. The first-order valence-electron chi connectivity index (χ1n) is 15.0. The van der Waals surface area contributed by atoms with E-state index in [1.807, 2.05) is 0 Å². The molecule has 2 aliphatic heterocycles. The van der Waals surface area contributed by atoms with E-state index in [0.29, 0.717) is 0 Å². The Bertz CT molecular complexity index is 1280. The molecule has 11 atom stereocenters. The van der Waals surface area contributed by atoms with Crippen LogP contribution in [0.3, 0.4) is 0 Å². The van der Waals surface area contributed by atoms with Crippen molar-refractivity contribution in [3.63, 3.8) is 0 Å². The van der Waals surface area contributed by atoms with Crippen molar-refractivity contribution < 1.29 is 90.8 Å². The summed E-state index contributed by atoms with van der Waals surface area (Å²) in [6.07, 6.45) is -14.3. The Labute approximate surface area is 290 Å². The van der Waals surface area contributed by atoms with Crippen molar-refractivity contribution in [2.24, 2.45) is 5.73 Å². The molecular weight excluding hydrogens is 698 g/mol. The second-order valence-corrected chi connectivity index (χ2v) is 12.1. The van der Waals surface area contributed by atoms with E-state index in [4.69, 9.17) is 53.1 Å². The van der Waals surface area contributed by atoms with Gasteiger partial charge in [-0.3, -0.25) is 38.4 Å². The fraction of sp³-hybridized carbons (Fsp3) is 0.724. The fourth-order valence-electron chi connectivity index (χ4n) is 4.88. The second-order valence-electron chi connectivity index (χ2n) is 10.9. The van der Waals surface area contributed by atoms with E-state index in [1.54, 1.807) is 0 Å². The molecule has 0 spiro atoms. The topological polar surface area (TPSA) is 275 Å². The highest BCUT2D eigenvalue weighted by atomic mass is 32.2. The number of carbonyl (C=O) groups is 8. The van der Waals surface area contributed by atoms with Crippen molar-refractivity contribution in [1.82, 2.24) is 0 Å². The molecule has 21 heteroatoms. The average molecular weight is 740 g/mol. The van der Waals surface area contributed by atoms with Crippen LogP contribution in [0.5, 0.6) is 0 Å². The van der Waals surface area contributed by atoms with Crippen LogP contribution in [0.15, 0.2) is 0 Å². The first kappa shape index (κ1) is 42.1. The molecule has 3 N–H and O–H groups in total. The summed E-state index contributed by atoms with van der Waals surface area (Å²) in [6, 6.07) is -1.40. The van der Waals surface area contributed by atoms with E-state index in [1.165, 1.54) is 0 Å². The molecule has 0 saturated carbocycles. The highest BCUT2D eigenvalue weighted by Gasteiger charge is 2.57. The van der Waals surface area contributed by atoms with E-state index in [9.17, 15) is 43.5 Å². The normalized spacial score (nSPS) is 29.7. The zero-order valence-corrected chi connectivity index (χ0v) is 29.1. The van der Waals surface area contributed by atoms with Crippen molar-refractivity contribution in [2.75, 3.05) is 19.0 Å². The van der Waals surface area contributed by atoms with Gasteiger partial charge in [0, 0.05) is 54.2 Å². The van der Waals surface area contributed by atoms with Crippen molar-refractivity contribution in [1.29, 1.82) is 0 Å². The van der Waals surface area contributed by atoms with E-state index in [0.717, 1.165) is 60.2 Å². The molecule has 2 fully saturated rings. The molecule has 0 amide bonds. The number of ether oxygens (including phenoxy) is 10. The smallest absolute Gasteiger partial charge is 0.321 e. The number of carbonyl (C=O) groups excluding carboxylic acids is 7. The van der Waals surface area contributed by atoms with Crippen molar-refractivity contribution in [2.45, 2.75) is 115 Å². The Morgan fingerprint density at radius 1 is 0.580 bits per heavy atom. The van der Waals surface area contributed by atoms with E-state index in [-0.39, 0.29) is 5.75 Å². The summed E-state index contributed by atoms with van der Waals surface area (Å²) in [6.45, 7) is 6.10. The molecule has 2 rings (SSSR count). The third kappa shape index (κ3) is 13.0. The number of carboxylic acid groups (broad SMARTS) is 1.